The molecular formula is C14H14Br2ClNS. The molecule has 2 rings (SSSR count). The summed E-state index contributed by atoms with van der Waals surface area (Å²) in [7, 11) is 0. The Labute approximate surface area is 139 Å². The molecule has 0 aliphatic carbocycles. The molecule has 0 bridgehead atoms. The van der Waals surface area contributed by atoms with Crippen LogP contribution in [0.25, 0.3) is 0 Å². The molecule has 1 nitrogen and oxygen atoms in total. The molecule has 0 spiro atoms. The van der Waals surface area contributed by atoms with Crippen molar-refractivity contribution in [3.63, 3.8) is 0 Å². The molecule has 1 aromatic heterocycles. The SMILES string of the molecule is CC(NC(C)c1ccc(Br)cc1Br)c1ccc(Cl)s1. The van der Waals surface area contributed by atoms with E-state index in [1.807, 2.05) is 6.07 Å². The number of rotatable bonds is 4. The maximum absolute atomic E-state index is 5.98. The molecule has 0 radical (unpaired) electrons. The maximum atomic E-state index is 5.98. The Hall–Kier alpha value is 0.130. The predicted octanol–water partition coefficient (Wildman–Crippen LogP) is 6.34. The van der Waals surface area contributed by atoms with E-state index in [1.54, 1.807) is 11.3 Å². The largest absolute Gasteiger partial charge is 0.303 e. The normalized spacial score (nSPS) is 14.4. The van der Waals surface area contributed by atoms with Crippen LogP contribution in [-0.4, -0.2) is 0 Å². The van der Waals surface area contributed by atoms with Gasteiger partial charge in [-0.2, -0.15) is 0 Å². The fraction of sp³-hybridized carbons (Fsp3) is 0.286. The highest BCUT2D eigenvalue weighted by Gasteiger charge is 2.14. The van der Waals surface area contributed by atoms with Crippen LogP contribution >= 0.6 is 54.8 Å². The van der Waals surface area contributed by atoms with Crippen LogP contribution in [0.15, 0.2) is 39.3 Å². The van der Waals surface area contributed by atoms with Crippen LogP contribution in [0.5, 0.6) is 0 Å². The van der Waals surface area contributed by atoms with Gasteiger partial charge in [-0.1, -0.05) is 49.5 Å². The van der Waals surface area contributed by atoms with Gasteiger partial charge in [-0.25, -0.2) is 0 Å². The molecule has 1 aromatic carbocycles. The van der Waals surface area contributed by atoms with Gasteiger partial charge >= 0.3 is 0 Å². The van der Waals surface area contributed by atoms with Crippen LogP contribution in [0.1, 0.15) is 36.4 Å². The second-order valence-electron chi connectivity index (χ2n) is 4.42. The molecule has 2 unspecified atom stereocenters. The molecule has 0 amide bonds. The van der Waals surface area contributed by atoms with Crippen molar-refractivity contribution >= 4 is 54.8 Å². The Morgan fingerprint density at radius 2 is 1.84 bits per heavy atom. The summed E-state index contributed by atoms with van der Waals surface area (Å²) in [5.74, 6) is 0. The summed E-state index contributed by atoms with van der Waals surface area (Å²) in [6.07, 6.45) is 0. The van der Waals surface area contributed by atoms with Crippen LogP contribution < -0.4 is 5.32 Å². The second kappa shape index (κ2) is 6.72. The van der Waals surface area contributed by atoms with Crippen LogP contribution in [0, 0.1) is 0 Å². The number of hydrogen-bond donors (Lipinski definition) is 1. The molecule has 0 fully saturated rings. The van der Waals surface area contributed by atoms with Crippen molar-refractivity contribution in [3.05, 3.63) is 54.1 Å². The minimum absolute atomic E-state index is 0.262. The summed E-state index contributed by atoms with van der Waals surface area (Å²) in [6.45, 7) is 4.32. The third-order valence-corrected chi connectivity index (χ3v) is 5.54. The molecule has 1 heterocycles. The van der Waals surface area contributed by atoms with Gasteiger partial charge in [-0.15, -0.1) is 11.3 Å². The first kappa shape index (κ1) is 15.5. The van der Waals surface area contributed by atoms with E-state index in [0.717, 1.165) is 13.3 Å². The Balaban J connectivity index is 2.10. The lowest BCUT2D eigenvalue weighted by Crippen LogP contribution is -2.22. The van der Waals surface area contributed by atoms with E-state index in [-0.39, 0.29) is 12.1 Å². The molecule has 0 aliphatic heterocycles. The molecule has 2 atom stereocenters. The van der Waals surface area contributed by atoms with Crippen molar-refractivity contribution in [1.82, 2.24) is 5.32 Å². The summed E-state index contributed by atoms with van der Waals surface area (Å²) >= 11 is 14.7. The highest BCUT2D eigenvalue weighted by Crippen LogP contribution is 2.31. The zero-order valence-corrected chi connectivity index (χ0v) is 15.3. The minimum Gasteiger partial charge on any atom is -0.303 e. The molecule has 1 N–H and O–H groups in total. The number of nitrogens with one attached hydrogen (secondary N) is 1. The topological polar surface area (TPSA) is 12.0 Å². The third-order valence-electron chi connectivity index (χ3n) is 2.95. The average Bonchev–Trinajstić information content (AvgIpc) is 2.75. The Morgan fingerprint density at radius 1 is 1.11 bits per heavy atom. The van der Waals surface area contributed by atoms with E-state index in [4.69, 9.17) is 11.6 Å². The highest BCUT2D eigenvalue weighted by atomic mass is 79.9. The van der Waals surface area contributed by atoms with E-state index in [9.17, 15) is 0 Å². The summed E-state index contributed by atoms with van der Waals surface area (Å²) in [5.41, 5.74) is 1.25. The summed E-state index contributed by atoms with van der Waals surface area (Å²) in [4.78, 5) is 1.25. The van der Waals surface area contributed by atoms with Crippen LogP contribution in [0.4, 0.5) is 0 Å². The molecule has 0 aliphatic rings. The molecule has 0 saturated heterocycles. The smallest absolute Gasteiger partial charge is 0.0931 e. The van der Waals surface area contributed by atoms with E-state index in [0.29, 0.717) is 0 Å². The van der Waals surface area contributed by atoms with E-state index in [2.05, 4.69) is 75.3 Å². The van der Waals surface area contributed by atoms with Crippen molar-refractivity contribution in [2.75, 3.05) is 0 Å². The van der Waals surface area contributed by atoms with Gasteiger partial charge in [-0.05, 0) is 43.7 Å². The molecule has 19 heavy (non-hydrogen) atoms. The first-order chi connectivity index (χ1) is 8.97. The zero-order valence-electron chi connectivity index (χ0n) is 10.6. The summed E-state index contributed by atoms with van der Waals surface area (Å²) < 4.78 is 3.02. The van der Waals surface area contributed by atoms with Crippen molar-refractivity contribution < 1.29 is 0 Å². The Kier molecular flexibility index (Phi) is 5.49. The van der Waals surface area contributed by atoms with Gasteiger partial charge in [0.2, 0.25) is 0 Å². The van der Waals surface area contributed by atoms with Gasteiger partial charge in [0, 0.05) is 25.9 Å². The lowest BCUT2D eigenvalue weighted by atomic mass is 10.1. The number of benzene rings is 1. The van der Waals surface area contributed by atoms with Crippen LogP contribution in [-0.2, 0) is 0 Å². The number of halogens is 3. The second-order valence-corrected chi connectivity index (χ2v) is 7.93. The standard InChI is InChI=1S/C14H14Br2ClNS/c1-8(11-4-3-10(15)7-12(11)16)18-9(2)13-5-6-14(17)19-13/h3-9,18H,1-2H3. The quantitative estimate of drug-likeness (QED) is 0.605. The lowest BCUT2D eigenvalue weighted by molar-refractivity contribution is 0.499. The first-order valence-electron chi connectivity index (χ1n) is 5.93. The van der Waals surface area contributed by atoms with Gasteiger partial charge in [0.15, 0.2) is 0 Å². The predicted molar refractivity (Wildman–Crippen MR) is 91.1 cm³/mol. The molecule has 0 saturated carbocycles. The fourth-order valence-electron chi connectivity index (χ4n) is 1.96. The third kappa shape index (κ3) is 4.05. The van der Waals surface area contributed by atoms with Gasteiger partial charge in [0.05, 0.1) is 4.34 Å². The number of hydrogen-bond acceptors (Lipinski definition) is 2. The van der Waals surface area contributed by atoms with Crippen molar-refractivity contribution in [3.8, 4) is 0 Å². The van der Waals surface area contributed by atoms with Crippen molar-refractivity contribution in [1.29, 1.82) is 0 Å². The molecule has 5 heteroatoms. The molecule has 102 valence electrons. The van der Waals surface area contributed by atoms with E-state index < -0.39 is 0 Å². The zero-order chi connectivity index (χ0) is 14.0. The first-order valence-corrected chi connectivity index (χ1v) is 8.71. The molecule has 2 aromatic rings. The maximum Gasteiger partial charge on any atom is 0.0931 e. The lowest BCUT2D eigenvalue weighted by Gasteiger charge is -2.20. The van der Waals surface area contributed by atoms with Crippen molar-refractivity contribution in [2.45, 2.75) is 25.9 Å². The monoisotopic (exact) mass is 421 g/mol. The fourth-order valence-corrected chi connectivity index (χ4v) is 4.42. The minimum atomic E-state index is 0.262. The summed E-state index contributed by atoms with van der Waals surface area (Å²) in [5, 5.41) is 3.59. The van der Waals surface area contributed by atoms with E-state index in [1.165, 1.54) is 10.4 Å². The highest BCUT2D eigenvalue weighted by molar-refractivity contribution is 9.11. The number of thiophene rings is 1. The summed E-state index contributed by atoms with van der Waals surface area (Å²) in [6, 6.07) is 10.8. The Bertz CT molecular complexity index is 570. The van der Waals surface area contributed by atoms with Crippen LogP contribution in [0.2, 0.25) is 4.34 Å². The van der Waals surface area contributed by atoms with Gasteiger partial charge < -0.3 is 5.32 Å². The average molecular weight is 424 g/mol. The van der Waals surface area contributed by atoms with Gasteiger partial charge in [0.25, 0.3) is 0 Å². The van der Waals surface area contributed by atoms with Crippen LogP contribution in [0.3, 0.4) is 0 Å². The van der Waals surface area contributed by atoms with Crippen molar-refractivity contribution in [2.24, 2.45) is 0 Å². The Morgan fingerprint density at radius 3 is 2.42 bits per heavy atom. The van der Waals surface area contributed by atoms with E-state index >= 15 is 0 Å². The van der Waals surface area contributed by atoms with Gasteiger partial charge in [-0.3, -0.25) is 0 Å². The molecular weight excluding hydrogens is 409 g/mol. The van der Waals surface area contributed by atoms with Gasteiger partial charge in [0.1, 0.15) is 0 Å².